The molecule has 1 fully saturated rings. The zero-order chi connectivity index (χ0) is 12.0. The van der Waals surface area contributed by atoms with Gasteiger partial charge < -0.3 is 5.32 Å². The Labute approximate surface area is 105 Å². The highest BCUT2D eigenvalue weighted by Gasteiger charge is 2.22. The molecule has 1 unspecified atom stereocenters. The van der Waals surface area contributed by atoms with E-state index in [1.165, 1.54) is 31.5 Å². The van der Waals surface area contributed by atoms with Crippen LogP contribution in [-0.2, 0) is 0 Å². The summed E-state index contributed by atoms with van der Waals surface area (Å²) < 4.78 is 0. The monoisotopic (exact) mass is 244 g/mol. The largest absolute Gasteiger partial charge is 0.314 e. The lowest BCUT2D eigenvalue weighted by Gasteiger charge is -2.35. The van der Waals surface area contributed by atoms with Crippen LogP contribution in [0.15, 0.2) is 11.1 Å². The minimum absolute atomic E-state index is 0.664. The molecule has 16 heavy (non-hydrogen) atoms. The topological polar surface area (TPSA) is 15.3 Å². The van der Waals surface area contributed by atoms with Gasteiger partial charge in [0.2, 0.25) is 0 Å². The molecule has 0 saturated carbocycles. The first-order valence-corrected chi connectivity index (χ1v) is 6.82. The van der Waals surface area contributed by atoms with E-state index in [9.17, 15) is 0 Å². The van der Waals surface area contributed by atoms with Crippen molar-refractivity contribution in [1.82, 2.24) is 10.2 Å². The summed E-state index contributed by atoms with van der Waals surface area (Å²) in [7, 11) is 0. The van der Waals surface area contributed by atoms with E-state index in [2.05, 4.69) is 31.0 Å². The number of halogens is 1. The van der Waals surface area contributed by atoms with Crippen molar-refractivity contribution in [3.05, 3.63) is 11.1 Å². The SMILES string of the molecule is CCNC(C)C1CCN(CC(C)=CCl)CC1. The maximum Gasteiger partial charge on any atom is 0.0201 e. The first kappa shape index (κ1) is 14.0. The van der Waals surface area contributed by atoms with Gasteiger partial charge in [0.25, 0.3) is 0 Å². The maximum atomic E-state index is 5.69. The van der Waals surface area contributed by atoms with Crippen LogP contribution in [0.5, 0.6) is 0 Å². The number of nitrogens with one attached hydrogen (secondary N) is 1. The fraction of sp³-hybridized carbons (Fsp3) is 0.846. The third-order valence-corrected chi connectivity index (χ3v) is 3.90. The van der Waals surface area contributed by atoms with Crippen LogP contribution in [0.25, 0.3) is 0 Å². The molecule has 94 valence electrons. The van der Waals surface area contributed by atoms with Gasteiger partial charge in [-0.25, -0.2) is 0 Å². The minimum atomic E-state index is 0.664. The summed E-state index contributed by atoms with van der Waals surface area (Å²) in [6.45, 7) is 11.1. The van der Waals surface area contributed by atoms with Crippen LogP contribution in [0.4, 0.5) is 0 Å². The Morgan fingerprint density at radius 2 is 2.12 bits per heavy atom. The van der Waals surface area contributed by atoms with Crippen molar-refractivity contribution in [3.8, 4) is 0 Å². The lowest BCUT2D eigenvalue weighted by molar-refractivity contribution is 0.173. The van der Waals surface area contributed by atoms with Crippen molar-refractivity contribution < 1.29 is 0 Å². The van der Waals surface area contributed by atoms with Gasteiger partial charge in [-0.2, -0.15) is 0 Å². The Morgan fingerprint density at radius 3 is 2.62 bits per heavy atom. The summed E-state index contributed by atoms with van der Waals surface area (Å²) in [5.74, 6) is 0.844. The molecule has 1 N–H and O–H groups in total. The standard InChI is InChI=1S/C13H25ClN2/c1-4-15-12(3)13-5-7-16(8-6-13)10-11(2)9-14/h9,12-13,15H,4-8,10H2,1-3H3. The fourth-order valence-corrected chi connectivity index (χ4v) is 2.56. The first-order valence-electron chi connectivity index (χ1n) is 6.39. The van der Waals surface area contributed by atoms with E-state index in [1.54, 1.807) is 5.54 Å². The van der Waals surface area contributed by atoms with Crippen molar-refractivity contribution in [2.24, 2.45) is 5.92 Å². The molecule has 0 radical (unpaired) electrons. The molecule has 1 aliphatic rings. The molecular formula is C13H25ClN2. The van der Waals surface area contributed by atoms with Gasteiger partial charge >= 0.3 is 0 Å². The third-order valence-electron chi connectivity index (χ3n) is 3.52. The molecule has 2 nitrogen and oxygen atoms in total. The average molecular weight is 245 g/mol. The van der Waals surface area contributed by atoms with Gasteiger partial charge in [0.1, 0.15) is 0 Å². The summed E-state index contributed by atoms with van der Waals surface area (Å²) in [6.07, 6.45) is 2.62. The Kier molecular flexibility index (Phi) is 6.40. The highest BCUT2D eigenvalue weighted by atomic mass is 35.5. The van der Waals surface area contributed by atoms with E-state index in [1.807, 2.05) is 0 Å². The Hall–Kier alpha value is -0.0500. The second-order valence-corrected chi connectivity index (χ2v) is 5.13. The van der Waals surface area contributed by atoms with Gasteiger partial charge in [-0.15, -0.1) is 0 Å². The van der Waals surface area contributed by atoms with Gasteiger partial charge in [-0.05, 0) is 57.8 Å². The Bertz CT molecular complexity index is 220. The molecule has 0 amide bonds. The number of likely N-dealkylation sites (tertiary alicyclic amines) is 1. The summed E-state index contributed by atoms with van der Waals surface area (Å²) >= 11 is 5.69. The van der Waals surface area contributed by atoms with Crippen molar-refractivity contribution in [1.29, 1.82) is 0 Å². The van der Waals surface area contributed by atoms with Gasteiger partial charge in [-0.3, -0.25) is 4.90 Å². The van der Waals surface area contributed by atoms with Crippen LogP contribution >= 0.6 is 11.6 Å². The highest BCUT2D eigenvalue weighted by Crippen LogP contribution is 2.21. The first-order chi connectivity index (χ1) is 7.67. The van der Waals surface area contributed by atoms with E-state index < -0.39 is 0 Å². The van der Waals surface area contributed by atoms with Crippen molar-refractivity contribution in [3.63, 3.8) is 0 Å². The summed E-state index contributed by atoms with van der Waals surface area (Å²) in [6, 6.07) is 0.664. The molecule has 1 rings (SSSR count). The summed E-state index contributed by atoms with van der Waals surface area (Å²) in [5, 5.41) is 3.53. The van der Waals surface area contributed by atoms with Crippen LogP contribution in [0.3, 0.4) is 0 Å². The lowest BCUT2D eigenvalue weighted by atomic mass is 9.90. The molecule has 1 atom stereocenters. The summed E-state index contributed by atoms with van der Waals surface area (Å²) in [5.41, 5.74) is 2.97. The zero-order valence-corrected chi connectivity index (χ0v) is 11.6. The lowest BCUT2D eigenvalue weighted by Crippen LogP contribution is -2.42. The maximum absolute atomic E-state index is 5.69. The molecule has 0 aliphatic carbocycles. The minimum Gasteiger partial charge on any atom is -0.314 e. The molecule has 0 bridgehead atoms. The molecule has 3 heteroatoms. The van der Waals surface area contributed by atoms with Crippen LogP contribution in [0.2, 0.25) is 0 Å². The molecular weight excluding hydrogens is 220 g/mol. The number of hydrogen-bond acceptors (Lipinski definition) is 2. The molecule has 1 heterocycles. The zero-order valence-electron chi connectivity index (χ0n) is 10.8. The van der Waals surface area contributed by atoms with Gasteiger partial charge in [0.15, 0.2) is 0 Å². The Balaban J connectivity index is 2.28. The quantitative estimate of drug-likeness (QED) is 0.800. The van der Waals surface area contributed by atoms with E-state index >= 15 is 0 Å². The number of rotatable bonds is 5. The molecule has 0 aromatic carbocycles. The van der Waals surface area contributed by atoms with Gasteiger partial charge in [0, 0.05) is 18.1 Å². The third kappa shape index (κ3) is 4.44. The van der Waals surface area contributed by atoms with Crippen LogP contribution in [-0.4, -0.2) is 37.1 Å². The van der Waals surface area contributed by atoms with Crippen molar-refractivity contribution in [2.75, 3.05) is 26.2 Å². The molecule has 0 spiro atoms. The van der Waals surface area contributed by atoms with E-state index in [-0.39, 0.29) is 0 Å². The second kappa shape index (κ2) is 7.31. The van der Waals surface area contributed by atoms with E-state index in [0.29, 0.717) is 6.04 Å². The van der Waals surface area contributed by atoms with Crippen LogP contribution in [0.1, 0.15) is 33.6 Å². The predicted molar refractivity (Wildman–Crippen MR) is 71.9 cm³/mol. The molecule has 1 saturated heterocycles. The normalized spacial score (nSPS) is 22.4. The number of piperidine rings is 1. The number of hydrogen-bond donors (Lipinski definition) is 1. The molecule has 1 aliphatic heterocycles. The highest BCUT2D eigenvalue weighted by molar-refractivity contribution is 6.25. The van der Waals surface area contributed by atoms with Gasteiger partial charge in [-0.1, -0.05) is 18.5 Å². The fourth-order valence-electron chi connectivity index (χ4n) is 2.49. The average Bonchev–Trinajstić information content (AvgIpc) is 2.30. The second-order valence-electron chi connectivity index (χ2n) is 4.92. The van der Waals surface area contributed by atoms with E-state index in [0.717, 1.165) is 19.0 Å². The number of nitrogens with zero attached hydrogens (tertiary/aromatic N) is 1. The van der Waals surface area contributed by atoms with Crippen molar-refractivity contribution in [2.45, 2.75) is 39.7 Å². The molecule has 0 aromatic heterocycles. The van der Waals surface area contributed by atoms with Crippen LogP contribution in [0, 0.1) is 5.92 Å². The van der Waals surface area contributed by atoms with Crippen LogP contribution < -0.4 is 5.32 Å². The Morgan fingerprint density at radius 1 is 1.50 bits per heavy atom. The van der Waals surface area contributed by atoms with Crippen molar-refractivity contribution >= 4 is 11.6 Å². The van der Waals surface area contributed by atoms with E-state index in [4.69, 9.17) is 11.6 Å². The molecule has 0 aromatic rings. The predicted octanol–water partition coefficient (Wildman–Crippen LogP) is 2.84. The summed E-state index contributed by atoms with van der Waals surface area (Å²) in [4.78, 5) is 2.50. The smallest absolute Gasteiger partial charge is 0.0201 e. The van der Waals surface area contributed by atoms with Gasteiger partial charge in [0.05, 0.1) is 0 Å².